The van der Waals surface area contributed by atoms with Gasteiger partial charge in [-0.1, -0.05) is 6.07 Å². The lowest BCUT2D eigenvalue weighted by Crippen LogP contribution is -2.42. The molecule has 0 aromatic heterocycles. The van der Waals surface area contributed by atoms with Crippen LogP contribution in [0, 0.1) is 0 Å². The minimum atomic E-state index is -0.577. The number of β-amino-alcohol motifs (C(OH)–C–C–N with tert-alkyl or cyclic N) is 1. The first-order valence-corrected chi connectivity index (χ1v) is 8.86. The molecule has 1 saturated heterocycles. The van der Waals surface area contributed by atoms with E-state index >= 15 is 0 Å². The van der Waals surface area contributed by atoms with Crippen LogP contribution in [0.25, 0.3) is 0 Å². The largest absolute Gasteiger partial charge is 0.494 e. The van der Waals surface area contributed by atoms with Crippen LogP contribution < -0.4 is 4.74 Å². The highest BCUT2D eigenvalue weighted by Crippen LogP contribution is 2.32. The third kappa shape index (κ3) is 3.87. The Morgan fingerprint density at radius 3 is 2.70 bits per heavy atom. The first-order valence-electron chi connectivity index (χ1n) is 8.86. The Morgan fingerprint density at radius 2 is 2.00 bits per heavy atom. The van der Waals surface area contributed by atoms with Crippen LogP contribution >= 0.6 is 0 Å². The Bertz CT molecular complexity index is 559. The van der Waals surface area contributed by atoms with Gasteiger partial charge in [-0.3, -0.25) is 4.90 Å². The normalized spacial score (nSPS) is 24.4. The molecule has 1 unspecified atom stereocenters. The number of likely N-dealkylation sites (N-methyl/N-ethyl adjacent to an activating group) is 1. The number of ether oxygens (including phenoxy) is 1. The number of fused-ring (bicyclic) bond motifs is 1. The summed E-state index contributed by atoms with van der Waals surface area (Å²) in [6, 6.07) is 4.60. The SMILES string of the molecule is CCOc1cc2c(cc1CN1CCC(O)(CN(C)C)C1)CCC2. The fourth-order valence-electron chi connectivity index (χ4n) is 4.10. The van der Waals surface area contributed by atoms with Gasteiger partial charge >= 0.3 is 0 Å². The van der Waals surface area contributed by atoms with Gasteiger partial charge in [-0.2, -0.15) is 0 Å². The molecule has 1 aliphatic heterocycles. The minimum Gasteiger partial charge on any atom is -0.494 e. The predicted molar refractivity (Wildman–Crippen MR) is 93.0 cm³/mol. The topological polar surface area (TPSA) is 35.9 Å². The summed E-state index contributed by atoms with van der Waals surface area (Å²) in [4.78, 5) is 4.44. The van der Waals surface area contributed by atoms with Gasteiger partial charge in [0.05, 0.1) is 12.2 Å². The molecule has 0 amide bonds. The Kier molecular flexibility index (Phi) is 4.95. The van der Waals surface area contributed by atoms with E-state index in [1.807, 2.05) is 21.0 Å². The Labute approximate surface area is 140 Å². The van der Waals surface area contributed by atoms with Crippen molar-refractivity contribution in [1.29, 1.82) is 0 Å². The zero-order chi connectivity index (χ0) is 16.4. The lowest BCUT2D eigenvalue weighted by molar-refractivity contribution is 0.0239. The van der Waals surface area contributed by atoms with Gasteiger partial charge in [-0.25, -0.2) is 0 Å². The molecule has 1 atom stereocenters. The smallest absolute Gasteiger partial charge is 0.124 e. The van der Waals surface area contributed by atoms with Crippen LogP contribution in [0.5, 0.6) is 5.75 Å². The molecular weight excluding hydrogens is 288 g/mol. The number of benzene rings is 1. The number of hydrogen-bond acceptors (Lipinski definition) is 4. The lowest BCUT2D eigenvalue weighted by Gasteiger charge is -2.27. The maximum Gasteiger partial charge on any atom is 0.124 e. The summed E-state index contributed by atoms with van der Waals surface area (Å²) < 4.78 is 5.89. The number of hydrogen-bond donors (Lipinski definition) is 1. The van der Waals surface area contributed by atoms with E-state index < -0.39 is 5.60 Å². The summed E-state index contributed by atoms with van der Waals surface area (Å²) in [5, 5.41) is 10.7. The molecule has 3 rings (SSSR count). The summed E-state index contributed by atoms with van der Waals surface area (Å²) in [6.45, 7) is 6.05. The molecule has 0 saturated carbocycles. The molecule has 1 heterocycles. The second kappa shape index (κ2) is 6.80. The Morgan fingerprint density at radius 1 is 1.26 bits per heavy atom. The van der Waals surface area contributed by atoms with Crippen molar-refractivity contribution in [2.45, 2.75) is 44.8 Å². The van der Waals surface area contributed by atoms with E-state index in [-0.39, 0.29) is 0 Å². The van der Waals surface area contributed by atoms with Crippen molar-refractivity contribution >= 4 is 0 Å². The van der Waals surface area contributed by atoms with E-state index in [1.165, 1.54) is 36.0 Å². The fraction of sp³-hybridized carbons (Fsp3) is 0.684. The summed E-state index contributed by atoms with van der Waals surface area (Å²) in [5.74, 6) is 1.04. The van der Waals surface area contributed by atoms with E-state index in [4.69, 9.17) is 4.74 Å². The maximum absolute atomic E-state index is 10.7. The van der Waals surface area contributed by atoms with Gasteiger partial charge < -0.3 is 14.7 Å². The third-order valence-electron chi connectivity index (χ3n) is 4.99. The quantitative estimate of drug-likeness (QED) is 0.871. The lowest BCUT2D eigenvalue weighted by atomic mass is 10.0. The number of aliphatic hydroxyl groups is 1. The molecule has 1 aliphatic carbocycles. The number of nitrogens with zero attached hydrogens (tertiary/aromatic N) is 2. The van der Waals surface area contributed by atoms with Crippen LogP contribution in [0.15, 0.2) is 12.1 Å². The number of aryl methyl sites for hydroxylation is 2. The Balaban J connectivity index is 1.73. The fourth-order valence-corrected chi connectivity index (χ4v) is 4.10. The average molecular weight is 318 g/mol. The van der Waals surface area contributed by atoms with Crippen molar-refractivity contribution in [3.05, 3.63) is 28.8 Å². The summed E-state index contributed by atoms with van der Waals surface area (Å²) in [7, 11) is 4.04. The van der Waals surface area contributed by atoms with Gasteiger partial charge in [-0.05, 0) is 63.9 Å². The predicted octanol–water partition coefficient (Wildman–Crippen LogP) is 2.07. The molecule has 23 heavy (non-hydrogen) atoms. The van der Waals surface area contributed by atoms with Gasteiger partial charge in [0.2, 0.25) is 0 Å². The van der Waals surface area contributed by atoms with Gasteiger partial charge in [0, 0.05) is 31.7 Å². The minimum absolute atomic E-state index is 0.577. The summed E-state index contributed by atoms with van der Waals surface area (Å²) in [5.41, 5.74) is 3.65. The van der Waals surface area contributed by atoms with Crippen LogP contribution in [0.4, 0.5) is 0 Å². The highest BCUT2D eigenvalue weighted by Gasteiger charge is 2.36. The second-order valence-electron chi connectivity index (χ2n) is 7.44. The number of likely N-dealkylation sites (tertiary alicyclic amines) is 1. The van der Waals surface area contributed by atoms with E-state index in [1.54, 1.807) is 0 Å². The summed E-state index contributed by atoms with van der Waals surface area (Å²) >= 11 is 0. The van der Waals surface area contributed by atoms with Gasteiger partial charge in [-0.15, -0.1) is 0 Å². The van der Waals surface area contributed by atoms with Crippen molar-refractivity contribution in [3.63, 3.8) is 0 Å². The first-order chi connectivity index (χ1) is 11.0. The van der Waals surface area contributed by atoms with Crippen LogP contribution in [-0.2, 0) is 19.4 Å². The molecule has 128 valence electrons. The molecule has 0 bridgehead atoms. The highest BCUT2D eigenvalue weighted by molar-refractivity contribution is 5.45. The molecule has 0 radical (unpaired) electrons. The third-order valence-corrected chi connectivity index (χ3v) is 4.99. The Hall–Kier alpha value is -1.10. The molecule has 1 aromatic rings. The maximum atomic E-state index is 10.7. The molecular formula is C19H30N2O2. The van der Waals surface area contributed by atoms with Crippen molar-refractivity contribution in [1.82, 2.24) is 9.80 Å². The van der Waals surface area contributed by atoms with E-state index in [2.05, 4.69) is 21.9 Å². The standard InChI is InChI=1S/C19H30N2O2/c1-4-23-18-11-16-7-5-6-15(16)10-17(18)12-21-9-8-19(22,14-21)13-20(2)3/h10-11,22H,4-9,12-14H2,1-3H3. The number of rotatable bonds is 6. The zero-order valence-corrected chi connectivity index (χ0v) is 14.8. The van der Waals surface area contributed by atoms with Crippen molar-refractivity contribution in [2.75, 3.05) is 40.3 Å². The van der Waals surface area contributed by atoms with E-state index in [0.717, 1.165) is 38.3 Å². The second-order valence-corrected chi connectivity index (χ2v) is 7.44. The monoisotopic (exact) mass is 318 g/mol. The van der Waals surface area contributed by atoms with Crippen LogP contribution in [0.3, 0.4) is 0 Å². The van der Waals surface area contributed by atoms with E-state index in [9.17, 15) is 5.11 Å². The molecule has 0 spiro atoms. The zero-order valence-electron chi connectivity index (χ0n) is 14.8. The van der Waals surface area contributed by atoms with Crippen molar-refractivity contribution in [2.24, 2.45) is 0 Å². The van der Waals surface area contributed by atoms with Gasteiger partial charge in [0.25, 0.3) is 0 Å². The van der Waals surface area contributed by atoms with Crippen molar-refractivity contribution in [3.8, 4) is 5.75 Å². The van der Waals surface area contributed by atoms with Crippen LogP contribution in [-0.4, -0.2) is 60.8 Å². The molecule has 4 heteroatoms. The van der Waals surface area contributed by atoms with Crippen LogP contribution in [0.1, 0.15) is 36.5 Å². The molecule has 2 aliphatic rings. The van der Waals surface area contributed by atoms with Crippen molar-refractivity contribution < 1.29 is 9.84 Å². The molecule has 4 nitrogen and oxygen atoms in total. The molecule has 1 fully saturated rings. The van der Waals surface area contributed by atoms with Gasteiger partial charge in [0.15, 0.2) is 0 Å². The first kappa shape index (κ1) is 16.7. The molecule has 1 aromatic carbocycles. The van der Waals surface area contributed by atoms with Gasteiger partial charge in [0.1, 0.15) is 5.75 Å². The summed E-state index contributed by atoms with van der Waals surface area (Å²) in [6.07, 6.45) is 4.48. The molecule has 1 N–H and O–H groups in total. The van der Waals surface area contributed by atoms with Crippen LogP contribution in [0.2, 0.25) is 0 Å². The highest BCUT2D eigenvalue weighted by atomic mass is 16.5. The van der Waals surface area contributed by atoms with E-state index in [0.29, 0.717) is 6.61 Å². The average Bonchev–Trinajstić information content (AvgIpc) is 3.05.